The van der Waals surface area contributed by atoms with Crippen LogP contribution in [0.15, 0.2) is 11.1 Å². The van der Waals surface area contributed by atoms with E-state index in [-0.39, 0.29) is 12.5 Å². The Bertz CT molecular complexity index is 147. The van der Waals surface area contributed by atoms with Gasteiger partial charge in [-0.2, -0.15) is 0 Å². The van der Waals surface area contributed by atoms with Crippen molar-refractivity contribution < 1.29 is 9.90 Å². The Morgan fingerprint density at radius 1 is 1.64 bits per heavy atom. The van der Waals surface area contributed by atoms with E-state index in [0.29, 0.717) is 19.4 Å². The number of hydrogen-bond acceptors (Lipinski definition) is 2. The lowest BCUT2D eigenvalue weighted by Gasteiger charge is -2.01. The zero-order valence-corrected chi connectivity index (χ0v) is 7.85. The van der Waals surface area contributed by atoms with Crippen LogP contribution in [0.2, 0.25) is 0 Å². The highest BCUT2D eigenvalue weighted by atomic mass is 79.9. The lowest BCUT2D eigenvalue weighted by molar-refractivity contribution is -0.121. The molecule has 0 aromatic heterocycles. The molecule has 0 saturated heterocycles. The van der Waals surface area contributed by atoms with Gasteiger partial charge >= 0.3 is 0 Å². The zero-order valence-electron chi connectivity index (χ0n) is 6.27. The molecule has 4 heteroatoms. The summed E-state index contributed by atoms with van der Waals surface area (Å²) in [5.41, 5.74) is 0. The third-order valence-electron chi connectivity index (χ3n) is 1.04. The summed E-state index contributed by atoms with van der Waals surface area (Å²) in [6.45, 7) is 4.07. The Balaban J connectivity index is 3.30. The van der Waals surface area contributed by atoms with E-state index >= 15 is 0 Å². The second kappa shape index (κ2) is 6.37. The summed E-state index contributed by atoms with van der Waals surface area (Å²) >= 11 is 3.11. The fourth-order valence-corrected chi connectivity index (χ4v) is 0.663. The summed E-state index contributed by atoms with van der Waals surface area (Å²) in [5, 5.41) is 11.0. The maximum atomic E-state index is 10.8. The molecule has 0 aromatic carbocycles. The van der Waals surface area contributed by atoms with Crippen LogP contribution in [-0.4, -0.2) is 24.2 Å². The first-order valence-corrected chi connectivity index (χ1v) is 4.17. The maximum absolute atomic E-state index is 10.8. The second-order valence-electron chi connectivity index (χ2n) is 2.12. The van der Waals surface area contributed by atoms with Crippen molar-refractivity contribution >= 4 is 21.8 Å². The quantitative estimate of drug-likeness (QED) is 0.722. The first-order valence-electron chi connectivity index (χ1n) is 3.37. The maximum Gasteiger partial charge on any atom is 0.220 e. The number of nitrogens with one attached hydrogen (secondary N) is 1. The van der Waals surface area contributed by atoms with Crippen molar-refractivity contribution in [3.8, 4) is 0 Å². The zero-order chi connectivity index (χ0) is 8.69. The van der Waals surface area contributed by atoms with E-state index in [1.165, 1.54) is 0 Å². The molecule has 0 aliphatic heterocycles. The summed E-state index contributed by atoms with van der Waals surface area (Å²) in [6, 6.07) is 0. The molecule has 0 rings (SSSR count). The minimum atomic E-state index is -0.0559. The van der Waals surface area contributed by atoms with Crippen molar-refractivity contribution in [3.05, 3.63) is 11.1 Å². The Labute approximate surface area is 74.6 Å². The van der Waals surface area contributed by atoms with E-state index in [4.69, 9.17) is 5.11 Å². The van der Waals surface area contributed by atoms with Gasteiger partial charge in [-0.3, -0.25) is 4.79 Å². The minimum Gasteiger partial charge on any atom is -0.396 e. The van der Waals surface area contributed by atoms with E-state index in [2.05, 4.69) is 27.8 Å². The highest BCUT2D eigenvalue weighted by Crippen LogP contribution is 1.97. The Morgan fingerprint density at radius 2 is 2.27 bits per heavy atom. The molecule has 1 amide bonds. The van der Waals surface area contributed by atoms with Gasteiger partial charge in [0, 0.05) is 24.1 Å². The minimum absolute atomic E-state index is 0.0559. The van der Waals surface area contributed by atoms with Gasteiger partial charge < -0.3 is 10.4 Å². The van der Waals surface area contributed by atoms with Crippen molar-refractivity contribution in [1.82, 2.24) is 5.32 Å². The van der Waals surface area contributed by atoms with Gasteiger partial charge in [0.1, 0.15) is 0 Å². The monoisotopic (exact) mass is 221 g/mol. The van der Waals surface area contributed by atoms with Crippen LogP contribution >= 0.6 is 15.9 Å². The van der Waals surface area contributed by atoms with Crippen LogP contribution in [0.4, 0.5) is 0 Å². The van der Waals surface area contributed by atoms with E-state index in [1.54, 1.807) is 0 Å². The van der Waals surface area contributed by atoms with Crippen LogP contribution in [-0.2, 0) is 4.79 Å². The van der Waals surface area contributed by atoms with Crippen LogP contribution in [0.25, 0.3) is 0 Å². The molecule has 0 heterocycles. The van der Waals surface area contributed by atoms with Crippen LogP contribution < -0.4 is 5.32 Å². The van der Waals surface area contributed by atoms with Crippen LogP contribution in [0.1, 0.15) is 12.8 Å². The summed E-state index contributed by atoms with van der Waals surface area (Å²) in [5.74, 6) is -0.0559. The van der Waals surface area contributed by atoms with E-state index in [1.807, 2.05) is 0 Å². The molecule has 11 heavy (non-hydrogen) atoms. The molecule has 0 radical (unpaired) electrons. The SMILES string of the molecule is C=C(Br)CNC(=O)CCCO. The first kappa shape index (κ1) is 10.7. The largest absolute Gasteiger partial charge is 0.396 e. The van der Waals surface area contributed by atoms with Gasteiger partial charge in [0.25, 0.3) is 0 Å². The number of rotatable bonds is 5. The fourth-order valence-electron chi connectivity index (χ4n) is 0.522. The summed E-state index contributed by atoms with van der Waals surface area (Å²) in [6.07, 6.45) is 0.886. The molecule has 0 spiro atoms. The Kier molecular flexibility index (Phi) is 6.16. The molecule has 0 fully saturated rings. The molecule has 0 aromatic rings. The molecule has 64 valence electrons. The van der Waals surface area contributed by atoms with Crippen molar-refractivity contribution in [2.75, 3.05) is 13.2 Å². The Morgan fingerprint density at radius 3 is 2.73 bits per heavy atom. The van der Waals surface area contributed by atoms with E-state index in [0.717, 1.165) is 4.48 Å². The number of carbonyl (C=O) groups excluding carboxylic acids is 1. The predicted molar refractivity (Wildman–Crippen MR) is 47.4 cm³/mol. The van der Waals surface area contributed by atoms with Crippen LogP contribution in [0.5, 0.6) is 0 Å². The van der Waals surface area contributed by atoms with Crippen LogP contribution in [0, 0.1) is 0 Å². The Hall–Kier alpha value is -0.350. The fraction of sp³-hybridized carbons (Fsp3) is 0.571. The molecule has 2 N–H and O–H groups in total. The number of aliphatic hydroxyl groups excluding tert-OH is 1. The highest BCUT2D eigenvalue weighted by molar-refractivity contribution is 9.11. The molecular formula is C7H12BrNO2. The molecule has 0 bridgehead atoms. The molecule has 0 unspecified atom stereocenters. The molecule has 3 nitrogen and oxygen atoms in total. The van der Waals surface area contributed by atoms with E-state index < -0.39 is 0 Å². The molecule has 0 aliphatic carbocycles. The van der Waals surface area contributed by atoms with Crippen molar-refractivity contribution in [2.24, 2.45) is 0 Å². The van der Waals surface area contributed by atoms with Crippen molar-refractivity contribution in [1.29, 1.82) is 0 Å². The van der Waals surface area contributed by atoms with Crippen molar-refractivity contribution in [3.63, 3.8) is 0 Å². The summed E-state index contributed by atoms with van der Waals surface area (Å²) < 4.78 is 0.745. The number of aliphatic hydroxyl groups is 1. The van der Waals surface area contributed by atoms with Gasteiger partial charge in [-0.15, -0.1) is 0 Å². The van der Waals surface area contributed by atoms with Gasteiger partial charge in [-0.1, -0.05) is 22.5 Å². The third kappa shape index (κ3) is 7.55. The third-order valence-corrected chi connectivity index (χ3v) is 1.32. The second-order valence-corrected chi connectivity index (χ2v) is 3.24. The van der Waals surface area contributed by atoms with Crippen LogP contribution in [0.3, 0.4) is 0 Å². The summed E-state index contributed by atoms with van der Waals surface area (Å²) in [7, 11) is 0. The van der Waals surface area contributed by atoms with Gasteiger partial charge in [0.05, 0.1) is 0 Å². The van der Waals surface area contributed by atoms with Crippen molar-refractivity contribution in [2.45, 2.75) is 12.8 Å². The number of amides is 1. The topological polar surface area (TPSA) is 49.3 Å². The summed E-state index contributed by atoms with van der Waals surface area (Å²) in [4.78, 5) is 10.8. The lowest BCUT2D eigenvalue weighted by Crippen LogP contribution is -2.24. The molecule has 0 aliphatic rings. The molecule has 0 atom stereocenters. The first-order chi connectivity index (χ1) is 5.16. The van der Waals surface area contributed by atoms with Gasteiger partial charge in [0.15, 0.2) is 0 Å². The number of halogens is 1. The standard InChI is InChI=1S/C7H12BrNO2/c1-6(8)5-9-7(11)3-2-4-10/h10H,1-5H2,(H,9,11). The average Bonchev–Trinajstić information content (AvgIpc) is 1.97. The van der Waals surface area contributed by atoms with Gasteiger partial charge in [0.2, 0.25) is 5.91 Å². The molecular weight excluding hydrogens is 210 g/mol. The van der Waals surface area contributed by atoms with Gasteiger partial charge in [-0.05, 0) is 6.42 Å². The number of hydrogen-bond donors (Lipinski definition) is 2. The average molecular weight is 222 g/mol. The lowest BCUT2D eigenvalue weighted by atomic mass is 10.3. The predicted octanol–water partition coefficient (Wildman–Crippen LogP) is 0.784. The highest BCUT2D eigenvalue weighted by Gasteiger charge is 1.98. The van der Waals surface area contributed by atoms with Gasteiger partial charge in [-0.25, -0.2) is 0 Å². The smallest absolute Gasteiger partial charge is 0.220 e. The molecule has 0 saturated carbocycles. The number of carbonyl (C=O) groups is 1. The normalized spacial score (nSPS) is 9.27. The van der Waals surface area contributed by atoms with E-state index in [9.17, 15) is 4.79 Å².